The van der Waals surface area contributed by atoms with E-state index in [2.05, 4.69) is 32.0 Å². The normalized spacial score (nSPS) is 18.2. The van der Waals surface area contributed by atoms with Crippen molar-refractivity contribution in [3.63, 3.8) is 0 Å². The summed E-state index contributed by atoms with van der Waals surface area (Å²) in [5.74, 6) is 1.55. The maximum atomic E-state index is 12.1. The smallest absolute Gasteiger partial charge is 0.323 e. The molecule has 1 aromatic carbocycles. The van der Waals surface area contributed by atoms with Gasteiger partial charge >= 0.3 is 5.97 Å². The van der Waals surface area contributed by atoms with Crippen molar-refractivity contribution in [2.24, 2.45) is 5.92 Å². The molecule has 1 aliphatic rings. The molecule has 1 aromatic rings. The summed E-state index contributed by atoms with van der Waals surface area (Å²) in [4.78, 5) is 12.1. The van der Waals surface area contributed by atoms with Crippen LogP contribution in [0.15, 0.2) is 18.2 Å². The molecule has 0 saturated carbocycles. The highest BCUT2D eigenvalue weighted by Crippen LogP contribution is 2.38. The minimum absolute atomic E-state index is 0.0878. The second-order valence-corrected chi connectivity index (χ2v) is 6.60. The lowest BCUT2D eigenvalue weighted by atomic mass is 9.95. The molecule has 0 spiro atoms. The first-order valence-electron chi connectivity index (χ1n) is 7.01. The van der Waals surface area contributed by atoms with E-state index in [1.807, 2.05) is 6.92 Å². The highest BCUT2D eigenvalue weighted by Gasteiger charge is 2.28. The van der Waals surface area contributed by atoms with Crippen molar-refractivity contribution in [2.45, 2.75) is 38.9 Å². The van der Waals surface area contributed by atoms with Gasteiger partial charge < -0.3 is 4.74 Å². The summed E-state index contributed by atoms with van der Waals surface area (Å²) in [7, 11) is 0. The van der Waals surface area contributed by atoms with Gasteiger partial charge in [-0.2, -0.15) is 0 Å². The molecule has 0 radical (unpaired) electrons. The van der Waals surface area contributed by atoms with Gasteiger partial charge in [0.25, 0.3) is 0 Å². The van der Waals surface area contributed by atoms with Gasteiger partial charge in [-0.25, -0.2) is 0 Å². The Morgan fingerprint density at radius 3 is 2.95 bits per heavy atom. The third-order valence-corrected chi connectivity index (χ3v) is 4.51. The fraction of sp³-hybridized carbons (Fsp3) is 0.562. The molecule has 1 heterocycles. The van der Waals surface area contributed by atoms with Crippen LogP contribution in [-0.4, -0.2) is 18.3 Å². The van der Waals surface area contributed by atoms with Crippen LogP contribution in [-0.2, 0) is 22.4 Å². The van der Waals surface area contributed by atoms with E-state index in [4.69, 9.17) is 4.74 Å². The molecule has 1 aliphatic heterocycles. The van der Waals surface area contributed by atoms with Crippen molar-refractivity contribution in [3.05, 3.63) is 34.9 Å². The van der Waals surface area contributed by atoms with E-state index >= 15 is 0 Å². The Morgan fingerprint density at radius 2 is 2.26 bits per heavy atom. The zero-order valence-corrected chi connectivity index (χ0v) is 12.8. The molecule has 0 saturated heterocycles. The van der Waals surface area contributed by atoms with E-state index in [0.29, 0.717) is 12.5 Å². The average molecular weight is 278 g/mol. The summed E-state index contributed by atoms with van der Waals surface area (Å²) in [5, 5.41) is -0.129. The van der Waals surface area contributed by atoms with E-state index in [1.54, 1.807) is 11.8 Å². The molecular weight excluding hydrogens is 256 g/mol. The summed E-state index contributed by atoms with van der Waals surface area (Å²) in [6.45, 7) is 6.76. The minimum atomic E-state index is -0.129. The molecule has 19 heavy (non-hydrogen) atoms. The molecular formula is C16H22O2S. The van der Waals surface area contributed by atoms with E-state index < -0.39 is 0 Å². The van der Waals surface area contributed by atoms with E-state index in [1.165, 1.54) is 16.7 Å². The highest BCUT2D eigenvalue weighted by molar-refractivity contribution is 8.00. The third kappa shape index (κ3) is 3.53. The van der Waals surface area contributed by atoms with E-state index in [-0.39, 0.29) is 11.2 Å². The minimum Gasteiger partial charge on any atom is -0.465 e. The number of thioether (sulfide) groups is 1. The molecule has 0 aromatic heterocycles. The number of benzene rings is 1. The van der Waals surface area contributed by atoms with Gasteiger partial charge in [-0.05, 0) is 48.1 Å². The Balaban J connectivity index is 2.27. The number of esters is 1. The van der Waals surface area contributed by atoms with Gasteiger partial charge in [0, 0.05) is 0 Å². The summed E-state index contributed by atoms with van der Waals surface area (Å²) in [6, 6.07) is 6.61. The van der Waals surface area contributed by atoms with Crippen LogP contribution in [0.25, 0.3) is 0 Å². The highest BCUT2D eigenvalue weighted by atomic mass is 32.2. The van der Waals surface area contributed by atoms with Crippen LogP contribution in [0.1, 0.15) is 42.7 Å². The number of hydrogen-bond donors (Lipinski definition) is 0. The summed E-state index contributed by atoms with van der Waals surface area (Å²) in [5.41, 5.74) is 3.81. The van der Waals surface area contributed by atoms with Gasteiger partial charge in [0.05, 0.1) is 6.61 Å². The molecule has 0 bridgehead atoms. The number of rotatable bonds is 4. The van der Waals surface area contributed by atoms with Gasteiger partial charge in [0.15, 0.2) is 0 Å². The Hall–Kier alpha value is -0.960. The number of ether oxygens (including phenoxy) is 1. The van der Waals surface area contributed by atoms with Gasteiger partial charge in [0.1, 0.15) is 5.25 Å². The number of fused-ring (bicyclic) bond motifs is 1. The van der Waals surface area contributed by atoms with Crippen LogP contribution in [0.5, 0.6) is 0 Å². The van der Waals surface area contributed by atoms with Crippen molar-refractivity contribution >= 4 is 17.7 Å². The van der Waals surface area contributed by atoms with Crippen LogP contribution >= 0.6 is 11.8 Å². The van der Waals surface area contributed by atoms with E-state index in [9.17, 15) is 4.79 Å². The van der Waals surface area contributed by atoms with Crippen LogP contribution in [0.4, 0.5) is 0 Å². The lowest BCUT2D eigenvalue weighted by Gasteiger charge is -2.24. The molecule has 0 fully saturated rings. The standard InChI is InChI=1S/C16H22O2S/c1-4-18-16(17)15-14-10-12(9-11(2)3)5-6-13(14)7-8-19-15/h5-6,10-11,15H,4,7-9H2,1-3H3. The first-order valence-corrected chi connectivity index (χ1v) is 8.06. The van der Waals surface area contributed by atoms with E-state index in [0.717, 1.165) is 18.6 Å². The van der Waals surface area contributed by atoms with Crippen molar-refractivity contribution in [1.82, 2.24) is 0 Å². The Labute approximate surface area is 119 Å². The molecule has 2 nitrogen and oxygen atoms in total. The number of hydrogen-bond acceptors (Lipinski definition) is 3. The Kier molecular flexibility index (Phi) is 4.92. The summed E-state index contributed by atoms with van der Waals surface area (Å²) in [6.07, 6.45) is 2.12. The van der Waals surface area contributed by atoms with Crippen molar-refractivity contribution in [2.75, 3.05) is 12.4 Å². The van der Waals surface area contributed by atoms with Crippen LogP contribution in [0, 0.1) is 5.92 Å². The maximum Gasteiger partial charge on any atom is 0.323 e. The zero-order chi connectivity index (χ0) is 13.8. The fourth-order valence-corrected chi connectivity index (χ4v) is 3.68. The van der Waals surface area contributed by atoms with Gasteiger partial charge in [-0.1, -0.05) is 32.0 Å². The first-order chi connectivity index (χ1) is 9.11. The van der Waals surface area contributed by atoms with Gasteiger partial charge in [-0.3, -0.25) is 4.79 Å². The second kappa shape index (κ2) is 6.47. The predicted octanol–water partition coefficient (Wildman–Crippen LogP) is 3.78. The second-order valence-electron chi connectivity index (χ2n) is 5.38. The van der Waals surface area contributed by atoms with Crippen LogP contribution in [0.2, 0.25) is 0 Å². The van der Waals surface area contributed by atoms with Gasteiger partial charge in [-0.15, -0.1) is 11.8 Å². The molecule has 1 atom stereocenters. The van der Waals surface area contributed by atoms with Crippen LogP contribution in [0.3, 0.4) is 0 Å². The van der Waals surface area contributed by atoms with Crippen LogP contribution < -0.4 is 0 Å². The molecule has 0 N–H and O–H groups in total. The number of carbonyl (C=O) groups excluding carboxylic acids is 1. The summed E-state index contributed by atoms with van der Waals surface area (Å²) < 4.78 is 5.20. The Bertz CT molecular complexity index is 454. The van der Waals surface area contributed by atoms with Gasteiger partial charge in [0.2, 0.25) is 0 Å². The SMILES string of the molecule is CCOC(=O)C1SCCc2ccc(CC(C)C)cc21. The average Bonchev–Trinajstić information content (AvgIpc) is 2.37. The lowest BCUT2D eigenvalue weighted by Crippen LogP contribution is -2.19. The van der Waals surface area contributed by atoms with Crippen molar-refractivity contribution < 1.29 is 9.53 Å². The molecule has 104 valence electrons. The van der Waals surface area contributed by atoms with Crippen molar-refractivity contribution in [1.29, 1.82) is 0 Å². The Morgan fingerprint density at radius 1 is 1.47 bits per heavy atom. The molecule has 2 rings (SSSR count). The molecule has 1 unspecified atom stereocenters. The molecule has 3 heteroatoms. The largest absolute Gasteiger partial charge is 0.465 e. The van der Waals surface area contributed by atoms with Crippen molar-refractivity contribution in [3.8, 4) is 0 Å². The number of carbonyl (C=O) groups is 1. The third-order valence-electron chi connectivity index (χ3n) is 3.29. The molecule has 0 aliphatic carbocycles. The maximum absolute atomic E-state index is 12.1. The lowest BCUT2D eigenvalue weighted by molar-refractivity contribution is -0.142. The fourth-order valence-electron chi connectivity index (χ4n) is 2.50. The first kappa shape index (κ1) is 14.4. The zero-order valence-electron chi connectivity index (χ0n) is 11.9. The molecule has 0 amide bonds. The number of aryl methyl sites for hydroxylation is 1. The predicted molar refractivity (Wildman–Crippen MR) is 80.5 cm³/mol. The topological polar surface area (TPSA) is 26.3 Å². The quantitative estimate of drug-likeness (QED) is 0.784. The summed E-state index contributed by atoms with van der Waals surface area (Å²) >= 11 is 1.71. The monoisotopic (exact) mass is 278 g/mol.